The molecular formula is C23H18ClFN2O. The first-order valence-electron chi connectivity index (χ1n) is 9.01. The lowest BCUT2D eigenvalue weighted by Gasteiger charge is -2.30. The van der Waals surface area contributed by atoms with Crippen LogP contribution in [-0.4, -0.2) is 11.6 Å². The maximum Gasteiger partial charge on any atom is 0.224 e. The molecule has 0 saturated carbocycles. The number of hydrogen-bond donors (Lipinski definition) is 0. The summed E-state index contributed by atoms with van der Waals surface area (Å²) >= 11 is 6.04. The van der Waals surface area contributed by atoms with Crippen LogP contribution in [0.1, 0.15) is 30.5 Å². The Kier molecular flexibility index (Phi) is 4.97. The number of rotatable bonds is 2. The van der Waals surface area contributed by atoms with Gasteiger partial charge in [-0.2, -0.15) is 0 Å². The lowest BCUT2D eigenvalue weighted by Crippen LogP contribution is -2.33. The summed E-state index contributed by atoms with van der Waals surface area (Å²) in [6, 6.07) is 21.1. The van der Waals surface area contributed by atoms with Crippen molar-refractivity contribution in [3.05, 3.63) is 94.8 Å². The maximum absolute atomic E-state index is 13.5. The molecule has 3 nitrogen and oxygen atoms in total. The van der Waals surface area contributed by atoms with Crippen LogP contribution in [0.2, 0.25) is 5.02 Å². The average Bonchev–Trinajstić information content (AvgIpc) is 2.86. The molecule has 28 heavy (non-hydrogen) atoms. The first-order chi connectivity index (χ1) is 13.5. The van der Waals surface area contributed by atoms with E-state index in [9.17, 15) is 9.18 Å². The van der Waals surface area contributed by atoms with Gasteiger partial charge in [-0.3, -0.25) is 9.79 Å². The number of carbonyl (C=O) groups excluding carboxylic acids is 1. The van der Waals surface area contributed by atoms with Crippen molar-refractivity contribution in [3.63, 3.8) is 0 Å². The molecule has 0 bridgehead atoms. The average molecular weight is 393 g/mol. The van der Waals surface area contributed by atoms with E-state index < -0.39 is 0 Å². The van der Waals surface area contributed by atoms with Gasteiger partial charge in [0.1, 0.15) is 5.82 Å². The lowest BCUT2D eigenvalue weighted by atomic mass is 9.96. The minimum atomic E-state index is -0.307. The highest BCUT2D eigenvalue weighted by Gasteiger charge is 2.30. The number of para-hydroxylation sites is 2. The van der Waals surface area contributed by atoms with Crippen molar-refractivity contribution in [2.75, 3.05) is 4.90 Å². The Bertz CT molecular complexity index is 1040. The largest absolute Gasteiger partial charge is 0.303 e. The second-order valence-corrected chi connectivity index (χ2v) is 7.15. The van der Waals surface area contributed by atoms with E-state index in [1.54, 1.807) is 24.0 Å². The van der Waals surface area contributed by atoms with E-state index in [4.69, 9.17) is 16.6 Å². The van der Waals surface area contributed by atoms with E-state index in [-0.39, 0.29) is 17.8 Å². The Hall–Kier alpha value is -2.98. The first-order valence-corrected chi connectivity index (χ1v) is 9.38. The number of carbonyl (C=O) groups is 1. The van der Waals surface area contributed by atoms with Crippen LogP contribution >= 0.6 is 11.6 Å². The molecule has 0 aliphatic carbocycles. The highest BCUT2D eigenvalue weighted by molar-refractivity contribution is 6.30. The molecule has 3 aromatic carbocycles. The first kappa shape index (κ1) is 18.4. The van der Waals surface area contributed by atoms with Crippen molar-refractivity contribution in [3.8, 4) is 0 Å². The Balaban J connectivity index is 1.89. The highest BCUT2D eigenvalue weighted by Crippen LogP contribution is 2.40. The zero-order chi connectivity index (χ0) is 19.7. The summed E-state index contributed by atoms with van der Waals surface area (Å²) < 4.78 is 13.5. The SMILES string of the molecule is CC(=O)N1c2ccccc2N=C(c2ccc(Cl)cc2)C[C@H]1c1ccc(F)cc1. The van der Waals surface area contributed by atoms with Gasteiger partial charge in [0.25, 0.3) is 0 Å². The van der Waals surface area contributed by atoms with Crippen molar-refractivity contribution in [1.82, 2.24) is 0 Å². The molecule has 0 spiro atoms. The van der Waals surface area contributed by atoms with Gasteiger partial charge in [-0.15, -0.1) is 0 Å². The number of benzene rings is 3. The van der Waals surface area contributed by atoms with Gasteiger partial charge in [-0.25, -0.2) is 4.39 Å². The Morgan fingerprint density at radius 2 is 1.71 bits per heavy atom. The highest BCUT2D eigenvalue weighted by atomic mass is 35.5. The smallest absolute Gasteiger partial charge is 0.224 e. The number of halogens is 2. The van der Waals surface area contributed by atoms with Crippen LogP contribution in [-0.2, 0) is 4.79 Å². The van der Waals surface area contributed by atoms with Crippen molar-refractivity contribution < 1.29 is 9.18 Å². The van der Waals surface area contributed by atoms with Crippen LogP contribution in [0.25, 0.3) is 0 Å². The third kappa shape index (κ3) is 3.56. The molecule has 140 valence electrons. The molecule has 1 aliphatic heterocycles. The molecule has 5 heteroatoms. The van der Waals surface area contributed by atoms with E-state index in [1.807, 2.05) is 48.5 Å². The molecule has 0 radical (unpaired) electrons. The van der Waals surface area contributed by atoms with E-state index >= 15 is 0 Å². The fourth-order valence-electron chi connectivity index (χ4n) is 3.56. The molecule has 1 heterocycles. The molecule has 0 N–H and O–H groups in total. The standard InChI is InChI=1S/C23H18ClFN2O/c1-15(28)27-22-5-3-2-4-20(22)26-21(16-6-10-18(24)11-7-16)14-23(27)17-8-12-19(25)13-9-17/h2-13,23H,14H2,1H3/t23-/m0/s1. The molecular weight excluding hydrogens is 375 g/mol. The van der Waals surface area contributed by atoms with Crippen LogP contribution in [0.3, 0.4) is 0 Å². The molecule has 4 rings (SSSR count). The Morgan fingerprint density at radius 1 is 1.04 bits per heavy atom. The van der Waals surface area contributed by atoms with Crippen LogP contribution in [0.4, 0.5) is 15.8 Å². The molecule has 0 saturated heterocycles. The van der Waals surface area contributed by atoms with Gasteiger partial charge < -0.3 is 4.90 Å². The molecule has 0 aromatic heterocycles. The molecule has 0 fully saturated rings. The summed E-state index contributed by atoms with van der Waals surface area (Å²) in [6.07, 6.45) is 0.502. The van der Waals surface area contributed by atoms with Gasteiger partial charge in [0.05, 0.1) is 23.1 Å². The summed E-state index contributed by atoms with van der Waals surface area (Å²) in [5.74, 6) is -0.395. The van der Waals surface area contributed by atoms with Crippen LogP contribution in [0, 0.1) is 5.82 Å². The van der Waals surface area contributed by atoms with Crippen molar-refractivity contribution in [1.29, 1.82) is 0 Å². The third-order valence-electron chi connectivity index (χ3n) is 4.87. The quantitative estimate of drug-likeness (QED) is 0.518. The molecule has 1 aliphatic rings. The van der Waals surface area contributed by atoms with E-state index in [1.165, 1.54) is 12.1 Å². The normalized spacial score (nSPS) is 16.2. The second kappa shape index (κ2) is 7.56. The molecule has 0 unspecified atom stereocenters. The van der Waals surface area contributed by atoms with Gasteiger partial charge in [0, 0.05) is 18.4 Å². The summed E-state index contributed by atoms with van der Waals surface area (Å²) in [7, 11) is 0. The van der Waals surface area contributed by atoms with Gasteiger partial charge >= 0.3 is 0 Å². The number of amides is 1. The Morgan fingerprint density at radius 3 is 2.39 bits per heavy atom. The molecule has 1 amide bonds. The number of hydrogen-bond acceptors (Lipinski definition) is 2. The van der Waals surface area contributed by atoms with E-state index in [0.717, 1.165) is 28.2 Å². The van der Waals surface area contributed by atoms with Crippen molar-refractivity contribution in [2.45, 2.75) is 19.4 Å². The summed E-state index contributed by atoms with van der Waals surface area (Å²) in [4.78, 5) is 19.3. The summed E-state index contributed by atoms with van der Waals surface area (Å²) in [5.41, 5.74) is 4.12. The van der Waals surface area contributed by atoms with Gasteiger partial charge in [0.2, 0.25) is 5.91 Å². The predicted molar refractivity (Wildman–Crippen MR) is 111 cm³/mol. The van der Waals surface area contributed by atoms with Gasteiger partial charge in [-0.05, 0) is 47.5 Å². The van der Waals surface area contributed by atoms with E-state index in [0.29, 0.717) is 11.4 Å². The lowest BCUT2D eigenvalue weighted by molar-refractivity contribution is -0.117. The fourth-order valence-corrected chi connectivity index (χ4v) is 3.69. The van der Waals surface area contributed by atoms with E-state index in [2.05, 4.69) is 0 Å². The van der Waals surface area contributed by atoms with Crippen LogP contribution < -0.4 is 4.90 Å². The summed E-state index contributed by atoms with van der Waals surface area (Å²) in [6.45, 7) is 1.54. The maximum atomic E-state index is 13.5. The zero-order valence-corrected chi connectivity index (χ0v) is 16.0. The van der Waals surface area contributed by atoms with Crippen LogP contribution in [0.5, 0.6) is 0 Å². The number of aliphatic imine (C=N–C) groups is 1. The summed E-state index contributed by atoms with van der Waals surface area (Å²) in [5, 5.41) is 0.652. The topological polar surface area (TPSA) is 32.7 Å². The van der Waals surface area contributed by atoms with Crippen molar-refractivity contribution in [2.24, 2.45) is 4.99 Å². The van der Waals surface area contributed by atoms with Gasteiger partial charge in [-0.1, -0.05) is 48.0 Å². The van der Waals surface area contributed by atoms with Crippen molar-refractivity contribution >= 4 is 34.6 Å². The fraction of sp³-hybridized carbons (Fsp3) is 0.130. The number of nitrogens with zero attached hydrogens (tertiary/aromatic N) is 2. The monoisotopic (exact) mass is 392 g/mol. The zero-order valence-electron chi connectivity index (χ0n) is 15.3. The third-order valence-corrected chi connectivity index (χ3v) is 5.12. The molecule has 3 aromatic rings. The predicted octanol–water partition coefficient (Wildman–Crippen LogP) is 6.10. The number of fused-ring (bicyclic) bond motifs is 1. The second-order valence-electron chi connectivity index (χ2n) is 6.71. The van der Waals surface area contributed by atoms with Gasteiger partial charge in [0.15, 0.2) is 0 Å². The number of anilines is 1. The minimum absolute atomic E-state index is 0.0886. The molecule has 1 atom stereocenters. The van der Waals surface area contributed by atoms with Crippen LogP contribution in [0.15, 0.2) is 77.8 Å². The Labute approximate surface area is 168 Å². The minimum Gasteiger partial charge on any atom is -0.303 e.